The second-order valence-electron chi connectivity index (χ2n) is 7.23. The van der Waals surface area contributed by atoms with Crippen molar-refractivity contribution in [2.24, 2.45) is 0 Å². The summed E-state index contributed by atoms with van der Waals surface area (Å²) in [5.41, 5.74) is 2.15. The number of thiazole rings is 1. The Bertz CT molecular complexity index is 1030. The molecule has 0 amide bonds. The number of aryl methyl sites for hydroxylation is 1. The molecule has 0 bridgehead atoms. The van der Waals surface area contributed by atoms with Crippen LogP contribution < -0.4 is 20.4 Å². The zero-order valence-corrected chi connectivity index (χ0v) is 17.7. The van der Waals surface area contributed by atoms with Crippen LogP contribution in [-0.4, -0.2) is 64.2 Å². The van der Waals surface area contributed by atoms with Gasteiger partial charge < -0.3 is 20.4 Å². The SMILES string of the molecule is Cc1csc(Nc2nc3nc(N4CCNCC4)nc(N4CCCC4)c3nc2Cl)n1. The van der Waals surface area contributed by atoms with Crippen molar-refractivity contribution in [2.45, 2.75) is 19.8 Å². The molecular weight excluding hydrogens is 410 g/mol. The number of nitrogens with zero attached hydrogens (tertiary/aromatic N) is 7. The first-order chi connectivity index (χ1) is 14.2. The maximum absolute atomic E-state index is 6.48. The quantitative estimate of drug-likeness (QED) is 0.646. The highest BCUT2D eigenvalue weighted by Crippen LogP contribution is 2.31. The lowest BCUT2D eigenvalue weighted by Gasteiger charge is -2.28. The standard InChI is InChI=1S/C18H22ClN9S/c1-11-10-29-18(21-11)25-15-13(19)22-12-14(23-15)24-17(28-8-4-20-5-9-28)26-16(12)27-6-2-3-7-27/h10,20H,2-9H2,1H3,(H,21,23,24,25,26). The van der Waals surface area contributed by atoms with Gasteiger partial charge in [0.25, 0.3) is 0 Å². The number of halogens is 1. The summed E-state index contributed by atoms with van der Waals surface area (Å²) in [5, 5.41) is 9.55. The molecule has 152 valence electrons. The first-order valence-corrected chi connectivity index (χ1v) is 11.1. The monoisotopic (exact) mass is 431 g/mol. The van der Waals surface area contributed by atoms with E-state index in [0.29, 0.717) is 28.1 Å². The minimum atomic E-state index is 0.296. The fourth-order valence-electron chi connectivity index (χ4n) is 3.65. The normalized spacial score (nSPS) is 17.3. The van der Waals surface area contributed by atoms with Crippen LogP contribution in [0.4, 0.5) is 22.7 Å². The molecule has 5 rings (SSSR count). The lowest BCUT2D eigenvalue weighted by atomic mass is 10.3. The molecule has 3 aromatic heterocycles. The van der Waals surface area contributed by atoms with Gasteiger partial charge in [-0.2, -0.15) is 9.97 Å². The highest BCUT2D eigenvalue weighted by Gasteiger charge is 2.24. The van der Waals surface area contributed by atoms with Gasteiger partial charge >= 0.3 is 0 Å². The van der Waals surface area contributed by atoms with Gasteiger partial charge in [-0.15, -0.1) is 11.3 Å². The molecule has 0 atom stereocenters. The smallest absolute Gasteiger partial charge is 0.229 e. The molecule has 0 spiro atoms. The summed E-state index contributed by atoms with van der Waals surface area (Å²) >= 11 is 7.98. The van der Waals surface area contributed by atoms with E-state index in [-0.39, 0.29) is 0 Å². The van der Waals surface area contributed by atoms with Crippen LogP contribution in [0.25, 0.3) is 11.2 Å². The molecular formula is C18H22ClN9S. The summed E-state index contributed by atoms with van der Waals surface area (Å²) in [6.45, 7) is 7.46. The van der Waals surface area contributed by atoms with Crippen molar-refractivity contribution in [3.8, 4) is 0 Å². The molecule has 2 aliphatic rings. The van der Waals surface area contributed by atoms with Crippen LogP contribution >= 0.6 is 22.9 Å². The molecule has 29 heavy (non-hydrogen) atoms. The predicted molar refractivity (Wildman–Crippen MR) is 117 cm³/mol. The highest BCUT2D eigenvalue weighted by atomic mass is 35.5. The van der Waals surface area contributed by atoms with Gasteiger partial charge in [0.05, 0.1) is 5.69 Å². The second kappa shape index (κ2) is 7.85. The van der Waals surface area contributed by atoms with Crippen molar-refractivity contribution in [3.05, 3.63) is 16.2 Å². The molecule has 2 saturated heterocycles. The Hall–Kier alpha value is -2.30. The molecule has 5 heterocycles. The van der Waals surface area contributed by atoms with Crippen LogP contribution in [0.2, 0.25) is 5.15 Å². The number of aromatic nitrogens is 5. The van der Waals surface area contributed by atoms with E-state index < -0.39 is 0 Å². The Balaban J connectivity index is 1.60. The molecule has 9 nitrogen and oxygen atoms in total. The molecule has 0 aliphatic carbocycles. The summed E-state index contributed by atoms with van der Waals surface area (Å²) in [4.78, 5) is 27.9. The molecule has 0 unspecified atom stereocenters. The average Bonchev–Trinajstić information content (AvgIpc) is 3.41. The zero-order chi connectivity index (χ0) is 19.8. The summed E-state index contributed by atoms with van der Waals surface area (Å²) in [6, 6.07) is 0. The van der Waals surface area contributed by atoms with E-state index in [0.717, 1.165) is 68.8 Å². The Morgan fingerprint density at radius 2 is 1.79 bits per heavy atom. The Kier molecular flexibility index (Phi) is 5.06. The lowest BCUT2D eigenvalue weighted by molar-refractivity contribution is 0.580. The van der Waals surface area contributed by atoms with Gasteiger partial charge in [0.15, 0.2) is 33.1 Å². The van der Waals surface area contributed by atoms with Crippen molar-refractivity contribution in [1.29, 1.82) is 0 Å². The topological polar surface area (TPSA) is 95.0 Å². The fourth-order valence-corrected chi connectivity index (χ4v) is 4.51. The van der Waals surface area contributed by atoms with Crippen molar-refractivity contribution >= 4 is 56.8 Å². The van der Waals surface area contributed by atoms with E-state index in [4.69, 9.17) is 26.6 Å². The first-order valence-electron chi connectivity index (χ1n) is 9.82. The van der Waals surface area contributed by atoms with Crippen molar-refractivity contribution in [3.63, 3.8) is 0 Å². The Morgan fingerprint density at radius 3 is 2.52 bits per heavy atom. The summed E-state index contributed by atoms with van der Waals surface area (Å²) in [5.74, 6) is 1.99. The Labute approximate surface area is 177 Å². The molecule has 0 radical (unpaired) electrons. The third kappa shape index (κ3) is 3.79. The average molecular weight is 432 g/mol. The van der Waals surface area contributed by atoms with E-state index >= 15 is 0 Å². The second-order valence-corrected chi connectivity index (χ2v) is 8.45. The van der Waals surface area contributed by atoms with Gasteiger partial charge in [-0.05, 0) is 19.8 Å². The number of hydrogen-bond acceptors (Lipinski definition) is 10. The number of anilines is 4. The van der Waals surface area contributed by atoms with E-state index in [1.807, 2.05) is 12.3 Å². The summed E-state index contributed by atoms with van der Waals surface area (Å²) in [7, 11) is 0. The van der Waals surface area contributed by atoms with Crippen LogP contribution in [0.1, 0.15) is 18.5 Å². The number of rotatable bonds is 4. The van der Waals surface area contributed by atoms with E-state index in [9.17, 15) is 0 Å². The van der Waals surface area contributed by atoms with Crippen LogP contribution in [0.15, 0.2) is 5.38 Å². The van der Waals surface area contributed by atoms with Gasteiger partial charge in [-0.1, -0.05) is 11.6 Å². The molecule has 0 saturated carbocycles. The molecule has 0 aromatic carbocycles. The first kappa shape index (κ1) is 18.7. The summed E-state index contributed by atoms with van der Waals surface area (Å²) < 4.78 is 0. The van der Waals surface area contributed by atoms with Gasteiger partial charge in [-0.25, -0.2) is 15.0 Å². The maximum Gasteiger partial charge on any atom is 0.229 e. The highest BCUT2D eigenvalue weighted by molar-refractivity contribution is 7.13. The Morgan fingerprint density at radius 1 is 1.00 bits per heavy atom. The van der Waals surface area contributed by atoms with E-state index in [1.165, 1.54) is 11.3 Å². The molecule has 2 fully saturated rings. The zero-order valence-electron chi connectivity index (χ0n) is 16.2. The number of hydrogen-bond donors (Lipinski definition) is 2. The predicted octanol–water partition coefficient (Wildman–Crippen LogP) is 2.59. The van der Waals surface area contributed by atoms with E-state index in [2.05, 4.69) is 30.4 Å². The molecule has 2 aliphatic heterocycles. The van der Waals surface area contributed by atoms with Crippen molar-refractivity contribution in [1.82, 2.24) is 30.2 Å². The molecule has 11 heteroatoms. The minimum Gasteiger partial charge on any atom is -0.355 e. The number of piperazine rings is 1. The molecule has 3 aromatic rings. The molecule has 2 N–H and O–H groups in total. The van der Waals surface area contributed by atoms with E-state index in [1.54, 1.807) is 0 Å². The van der Waals surface area contributed by atoms with Crippen molar-refractivity contribution < 1.29 is 0 Å². The van der Waals surface area contributed by atoms with Crippen LogP contribution in [-0.2, 0) is 0 Å². The van der Waals surface area contributed by atoms with Crippen LogP contribution in [0, 0.1) is 6.92 Å². The number of fused-ring (bicyclic) bond motifs is 1. The maximum atomic E-state index is 6.48. The van der Waals surface area contributed by atoms with Crippen LogP contribution in [0.3, 0.4) is 0 Å². The minimum absolute atomic E-state index is 0.296. The largest absolute Gasteiger partial charge is 0.355 e. The summed E-state index contributed by atoms with van der Waals surface area (Å²) in [6.07, 6.45) is 2.30. The number of nitrogens with one attached hydrogen (secondary N) is 2. The van der Waals surface area contributed by atoms with Gasteiger partial charge in [-0.3, -0.25) is 0 Å². The lowest BCUT2D eigenvalue weighted by Crippen LogP contribution is -2.44. The van der Waals surface area contributed by atoms with Gasteiger partial charge in [0.2, 0.25) is 5.95 Å². The fraction of sp³-hybridized carbons (Fsp3) is 0.500. The van der Waals surface area contributed by atoms with Crippen LogP contribution in [0.5, 0.6) is 0 Å². The van der Waals surface area contributed by atoms with Gasteiger partial charge in [0.1, 0.15) is 0 Å². The third-order valence-electron chi connectivity index (χ3n) is 5.11. The van der Waals surface area contributed by atoms with Crippen molar-refractivity contribution in [2.75, 3.05) is 54.4 Å². The third-order valence-corrected chi connectivity index (χ3v) is 6.25. The van der Waals surface area contributed by atoms with Gasteiger partial charge in [0, 0.05) is 44.6 Å².